The van der Waals surface area contributed by atoms with Gasteiger partial charge in [-0.2, -0.15) is 25.3 Å². The predicted molar refractivity (Wildman–Crippen MR) is 145 cm³/mol. The van der Waals surface area contributed by atoms with Crippen LogP contribution in [0.1, 0.15) is 24.0 Å². The molecule has 0 spiro atoms. The Hall–Kier alpha value is -2.34. The van der Waals surface area contributed by atoms with E-state index in [9.17, 15) is 54.1 Å². The van der Waals surface area contributed by atoms with Gasteiger partial charge in [-0.05, 0) is 29.7 Å². The van der Waals surface area contributed by atoms with Gasteiger partial charge in [-0.25, -0.2) is 12.5 Å². The third-order valence-corrected chi connectivity index (χ3v) is 8.21. The molecule has 0 radical (unpaired) electrons. The molecule has 17 nitrogen and oxygen atoms in total. The second-order valence-electron chi connectivity index (χ2n) is 9.40. The van der Waals surface area contributed by atoms with Crippen LogP contribution in [0.15, 0.2) is 48.5 Å². The van der Waals surface area contributed by atoms with Crippen molar-refractivity contribution in [3.05, 3.63) is 74.8 Å². The van der Waals surface area contributed by atoms with Crippen molar-refractivity contribution >= 4 is 48.5 Å². The largest absolute Gasteiger partial charge is 0.398 e. The number of benzene rings is 2. The van der Waals surface area contributed by atoms with Crippen LogP contribution >= 0.6 is 11.6 Å². The van der Waals surface area contributed by atoms with Crippen LogP contribution in [0.3, 0.4) is 0 Å². The minimum atomic E-state index is -5.48. The number of aliphatic hydroxyl groups excluding tert-OH is 1. The SMILES string of the molecule is O=[N+]([O-])c1ccc(CCOCC(O)C2C(OS(=O)(=O)O)CC(OS(=O)(=O)O)CC2(OS(=O)(=O)O)c2ccc(Cl)cc2)cc1. The highest BCUT2D eigenvalue weighted by molar-refractivity contribution is 7.81. The number of rotatable bonds is 14. The van der Waals surface area contributed by atoms with Gasteiger partial charge in [-0.15, -0.1) is 0 Å². The first-order chi connectivity index (χ1) is 19.8. The predicted octanol–water partition coefficient (Wildman–Crippen LogP) is 1.67. The lowest BCUT2D eigenvalue weighted by molar-refractivity contribution is -0.384. The molecule has 0 bridgehead atoms. The fraction of sp³-hybridized carbons (Fsp3) is 0.455. The Morgan fingerprint density at radius 1 is 0.930 bits per heavy atom. The smallest absolute Gasteiger partial charge is 0.390 e. The third kappa shape index (κ3) is 10.4. The van der Waals surface area contributed by atoms with Crippen LogP contribution in [0.25, 0.3) is 0 Å². The molecule has 0 aromatic heterocycles. The Kier molecular flexibility index (Phi) is 11.2. The summed E-state index contributed by atoms with van der Waals surface area (Å²) in [6, 6.07) is 10.3. The number of nitro benzene ring substituents is 1. The van der Waals surface area contributed by atoms with Crippen molar-refractivity contribution in [3.63, 3.8) is 0 Å². The van der Waals surface area contributed by atoms with Crippen molar-refractivity contribution in [2.24, 2.45) is 5.92 Å². The van der Waals surface area contributed by atoms with E-state index in [0.29, 0.717) is 5.56 Å². The van der Waals surface area contributed by atoms with Gasteiger partial charge in [0.05, 0.1) is 42.4 Å². The van der Waals surface area contributed by atoms with Crippen molar-refractivity contribution in [1.82, 2.24) is 0 Å². The van der Waals surface area contributed by atoms with Crippen LogP contribution in [0, 0.1) is 16.0 Å². The van der Waals surface area contributed by atoms with E-state index in [0.717, 1.165) is 0 Å². The van der Waals surface area contributed by atoms with Gasteiger partial charge in [-0.3, -0.25) is 23.8 Å². The number of hydrogen-bond donors (Lipinski definition) is 4. The van der Waals surface area contributed by atoms with Crippen molar-refractivity contribution in [2.45, 2.75) is 43.2 Å². The normalized spacial score (nSPS) is 24.0. The molecule has 0 amide bonds. The summed E-state index contributed by atoms with van der Waals surface area (Å²) in [5.41, 5.74) is -2.30. The number of aliphatic hydroxyl groups is 1. The minimum Gasteiger partial charge on any atom is -0.390 e. The van der Waals surface area contributed by atoms with Crippen molar-refractivity contribution in [3.8, 4) is 0 Å². The number of nitro groups is 1. The number of hydrogen-bond acceptors (Lipinski definition) is 13. The molecule has 4 N–H and O–H groups in total. The maximum atomic E-state index is 12.1. The first-order valence-corrected chi connectivity index (χ1v) is 16.5. The lowest BCUT2D eigenvalue weighted by Gasteiger charge is -2.49. The second-order valence-corrected chi connectivity index (χ2v) is 13.0. The molecule has 1 aliphatic carbocycles. The molecule has 5 unspecified atom stereocenters. The molecule has 2 aromatic carbocycles. The van der Waals surface area contributed by atoms with Crippen LogP contribution in [0.4, 0.5) is 5.69 Å². The lowest BCUT2D eigenvalue weighted by Crippen LogP contribution is -2.59. The van der Waals surface area contributed by atoms with E-state index in [1.807, 2.05) is 0 Å². The summed E-state index contributed by atoms with van der Waals surface area (Å²) in [6.45, 7) is -0.760. The summed E-state index contributed by atoms with van der Waals surface area (Å²) in [4.78, 5) is 10.2. The van der Waals surface area contributed by atoms with E-state index in [4.69, 9.17) is 24.7 Å². The Morgan fingerprint density at radius 3 is 2.02 bits per heavy atom. The van der Waals surface area contributed by atoms with E-state index >= 15 is 0 Å². The molecule has 43 heavy (non-hydrogen) atoms. The second kappa shape index (κ2) is 13.7. The zero-order valence-corrected chi connectivity index (χ0v) is 24.9. The highest BCUT2D eigenvalue weighted by Gasteiger charge is 2.58. The zero-order valence-electron chi connectivity index (χ0n) is 21.7. The van der Waals surface area contributed by atoms with E-state index in [1.54, 1.807) is 0 Å². The van der Waals surface area contributed by atoms with Gasteiger partial charge < -0.3 is 9.84 Å². The molecule has 1 saturated carbocycles. The van der Waals surface area contributed by atoms with Gasteiger partial charge >= 0.3 is 31.2 Å². The summed E-state index contributed by atoms with van der Waals surface area (Å²) in [5.74, 6) is -1.85. The standard InChI is InChI=1S/C22H26ClNO16S3/c23-16-5-3-15(4-6-16)22(40-43(34,35)36)12-18(38-41(28,29)30)11-20(39-42(31,32)33)21(22)19(25)13-37-10-9-14-1-7-17(8-2-14)24(26)27/h1-8,18-21,25H,9-13H2,(H,28,29,30)(H,31,32,33)(H,34,35,36). The summed E-state index contributed by atoms with van der Waals surface area (Å²) >= 11 is 5.93. The number of nitrogens with zero attached hydrogens (tertiary/aromatic N) is 1. The molecular weight excluding hydrogens is 666 g/mol. The monoisotopic (exact) mass is 691 g/mol. The summed E-state index contributed by atoms with van der Waals surface area (Å²) in [6.07, 6.45) is -7.10. The third-order valence-electron chi connectivity index (χ3n) is 6.44. The van der Waals surface area contributed by atoms with Gasteiger partial charge in [-0.1, -0.05) is 35.9 Å². The highest BCUT2D eigenvalue weighted by atomic mass is 35.5. The van der Waals surface area contributed by atoms with E-state index in [-0.39, 0.29) is 29.3 Å². The van der Waals surface area contributed by atoms with Crippen LogP contribution in [-0.2, 0) is 60.5 Å². The van der Waals surface area contributed by atoms with Crippen molar-refractivity contribution < 1.29 is 66.2 Å². The number of ether oxygens (including phenoxy) is 1. The van der Waals surface area contributed by atoms with Crippen LogP contribution in [0.2, 0.25) is 5.02 Å². The molecule has 1 fully saturated rings. The lowest BCUT2D eigenvalue weighted by atomic mass is 9.67. The summed E-state index contributed by atoms with van der Waals surface area (Å²) in [5, 5.41) is 22.2. The molecule has 21 heteroatoms. The first-order valence-electron chi connectivity index (χ1n) is 12.0. The van der Waals surface area contributed by atoms with Crippen LogP contribution in [-0.4, -0.2) is 80.5 Å². The quantitative estimate of drug-likeness (QED) is 0.0949. The average molecular weight is 692 g/mol. The zero-order chi connectivity index (χ0) is 32.2. The van der Waals surface area contributed by atoms with Gasteiger partial charge in [0.1, 0.15) is 5.60 Å². The van der Waals surface area contributed by atoms with Gasteiger partial charge in [0, 0.05) is 30.0 Å². The fourth-order valence-electron chi connectivity index (χ4n) is 4.97. The summed E-state index contributed by atoms with van der Waals surface area (Å²) in [7, 11) is -16.1. The Labute approximate surface area is 251 Å². The number of halogens is 1. The topological polar surface area (TPSA) is 263 Å². The van der Waals surface area contributed by atoms with Crippen molar-refractivity contribution in [2.75, 3.05) is 13.2 Å². The van der Waals surface area contributed by atoms with E-state index in [2.05, 4.69) is 4.18 Å². The molecular formula is C22H26ClNO16S3. The van der Waals surface area contributed by atoms with Gasteiger partial charge in [0.2, 0.25) is 0 Å². The molecule has 2 aromatic rings. The Bertz CT molecular complexity index is 1600. The number of non-ortho nitro benzene ring substituents is 1. The maximum absolute atomic E-state index is 12.1. The first kappa shape index (κ1) is 35.1. The molecule has 1 aliphatic rings. The molecule has 0 saturated heterocycles. The minimum absolute atomic E-state index is 0.104. The van der Waals surface area contributed by atoms with E-state index in [1.165, 1.54) is 48.5 Å². The molecule has 3 rings (SSSR count). The highest BCUT2D eigenvalue weighted by Crippen LogP contribution is 2.50. The Morgan fingerprint density at radius 2 is 1.51 bits per heavy atom. The molecule has 5 atom stereocenters. The van der Waals surface area contributed by atoms with Gasteiger partial charge in [0.25, 0.3) is 5.69 Å². The molecule has 0 heterocycles. The van der Waals surface area contributed by atoms with Crippen molar-refractivity contribution in [1.29, 1.82) is 0 Å². The molecule has 0 aliphatic heterocycles. The Balaban J connectivity index is 2.01. The summed E-state index contributed by atoms with van der Waals surface area (Å²) < 4.78 is 119. The van der Waals surface area contributed by atoms with Crippen LogP contribution < -0.4 is 0 Å². The molecule has 240 valence electrons. The van der Waals surface area contributed by atoms with Gasteiger partial charge in [0.15, 0.2) is 0 Å². The van der Waals surface area contributed by atoms with Crippen LogP contribution in [0.5, 0.6) is 0 Å². The van der Waals surface area contributed by atoms with E-state index < -0.39 is 85.4 Å². The fourth-order valence-corrected chi connectivity index (χ4v) is 6.75. The average Bonchev–Trinajstić information content (AvgIpc) is 2.84. The maximum Gasteiger partial charge on any atom is 0.398 e.